The van der Waals surface area contributed by atoms with Crippen LogP contribution in [0.15, 0.2) is 54.6 Å². The van der Waals surface area contributed by atoms with E-state index in [0.717, 1.165) is 10.5 Å². The molecule has 0 saturated carbocycles. The molecule has 0 bridgehead atoms. The number of amides is 7. The molecular formula is C78H111F8N9O13. The summed E-state index contributed by atoms with van der Waals surface area (Å²) in [6, 6.07) is 9.99. The number of methoxy groups -OCH3 is 2. The summed E-state index contributed by atoms with van der Waals surface area (Å²) in [7, 11) is 8.47. The van der Waals surface area contributed by atoms with Gasteiger partial charge in [-0.05, 0) is 125 Å². The topological polar surface area (TPSA) is 285 Å². The number of halogens is 8. The molecule has 0 aromatic heterocycles. The minimum Gasteiger partial charge on any atom is -0.420 e. The lowest BCUT2D eigenvalue weighted by molar-refractivity contribution is -0.197. The number of piperidine rings is 1. The zero-order valence-corrected chi connectivity index (χ0v) is 64.6. The van der Waals surface area contributed by atoms with Crippen molar-refractivity contribution in [3.05, 3.63) is 94.8 Å². The van der Waals surface area contributed by atoms with Crippen molar-refractivity contribution in [1.29, 1.82) is 0 Å². The number of carbonyl (C=O) groups is 10. The Balaban J connectivity index is 1.21. The molecular weight excluding hydrogens is 1420 g/mol. The smallest absolute Gasteiger partial charge is 0.404 e. The van der Waals surface area contributed by atoms with Crippen LogP contribution < -0.4 is 31.7 Å². The molecule has 3 aromatic carbocycles. The summed E-state index contributed by atoms with van der Waals surface area (Å²) in [5.41, 5.74) is 7.00. The van der Waals surface area contributed by atoms with E-state index >= 15 is 0 Å². The number of likely N-dealkylation sites (tertiary alicyclic amines) is 2. The third-order valence-corrected chi connectivity index (χ3v) is 21.1. The first kappa shape index (κ1) is 90.7. The second-order valence-corrected chi connectivity index (χ2v) is 30.1. The second-order valence-electron chi connectivity index (χ2n) is 30.1. The van der Waals surface area contributed by atoms with Crippen LogP contribution in [0.5, 0.6) is 5.75 Å². The molecule has 3 aromatic rings. The Bertz CT molecular complexity index is 3500. The van der Waals surface area contributed by atoms with Gasteiger partial charge in [0.2, 0.25) is 64.4 Å². The number of ketones is 3. The van der Waals surface area contributed by atoms with Crippen molar-refractivity contribution >= 4 is 64.6 Å². The standard InChI is InChI=1S/C78H111F8N9O13/c1-15-46(8)70(93(12)75(103)54(43(2)3)40-58(98)69(45(6)7)92(10)11)59(106-13)41-62(100)95-34-20-25-55(95)71(107-14)47(9)56(96)38-52(36-48-22-17-16-18-23-48)73(101)89-42-49-27-29-53(30-28-49)90-74(102)50(24-19-32-88-77(87)105)37-57(97)68(44(4)5)91-61(99)26-21-33-94-35-31-51(39-60(94)78(84,85)86)76(104)108-72-66(82)64(80)63(79)65(81)67(72)83/h16-18,22-23,27-30,43-47,50-52,54-55,59-60,68-71H,15,19-21,24-26,31-42H2,1-14H3,(H,89,101)(H,90,102)(H,91,99)(H3,87,88,105)/t46-,47-,50+,51-,52+,54-,55-,59+,60+,68-,69-,70-,71+/m0/s1. The molecule has 2 fully saturated rings. The van der Waals surface area contributed by atoms with E-state index in [0.29, 0.717) is 37.1 Å². The summed E-state index contributed by atoms with van der Waals surface area (Å²) in [5.74, 6) is -24.6. The molecule has 2 aliphatic heterocycles. The Hall–Kier alpha value is -7.96. The number of nitrogens with zero attached hydrogens (tertiary/aromatic N) is 4. The highest BCUT2D eigenvalue weighted by atomic mass is 19.4. The highest BCUT2D eigenvalue weighted by molar-refractivity contribution is 5.97. The number of nitrogens with one attached hydrogen (secondary N) is 4. The monoisotopic (exact) mass is 1530 g/mol. The zero-order chi connectivity index (χ0) is 80.8. The van der Waals surface area contributed by atoms with Crippen LogP contribution in [0.4, 0.5) is 45.6 Å². The van der Waals surface area contributed by atoms with Crippen molar-refractivity contribution in [2.24, 2.45) is 59.0 Å². The van der Waals surface area contributed by atoms with E-state index in [1.54, 1.807) is 61.9 Å². The molecule has 2 heterocycles. The molecule has 602 valence electrons. The maximum atomic E-state index is 14.7. The number of rotatable bonds is 42. The third-order valence-electron chi connectivity index (χ3n) is 21.1. The molecule has 0 unspecified atom stereocenters. The first-order valence-corrected chi connectivity index (χ1v) is 37.2. The minimum absolute atomic E-state index is 0.0123. The molecule has 0 radical (unpaired) electrons. The van der Waals surface area contributed by atoms with Gasteiger partial charge in [-0.15, -0.1) is 0 Å². The number of carbonyl (C=O) groups excluding carboxylic acids is 10. The van der Waals surface area contributed by atoms with Crippen molar-refractivity contribution in [3.8, 4) is 5.75 Å². The number of esters is 1. The number of nitrogens with two attached hydrogens (primary N) is 1. The van der Waals surface area contributed by atoms with E-state index in [1.807, 2.05) is 90.9 Å². The Morgan fingerprint density at radius 2 is 1.30 bits per heavy atom. The van der Waals surface area contributed by atoms with Crippen LogP contribution in [-0.2, 0) is 65.6 Å². The number of anilines is 1. The molecule has 0 aliphatic carbocycles. The van der Waals surface area contributed by atoms with Gasteiger partial charge in [0.15, 0.2) is 11.6 Å². The summed E-state index contributed by atoms with van der Waals surface area (Å²) >= 11 is 0. The number of Topliss-reactive ketones (excluding diaryl/α,β-unsaturated/α-hetero) is 3. The van der Waals surface area contributed by atoms with Gasteiger partial charge in [0.1, 0.15) is 11.8 Å². The molecule has 108 heavy (non-hydrogen) atoms. The van der Waals surface area contributed by atoms with E-state index in [2.05, 4.69) is 26.0 Å². The number of urea groups is 1. The predicted octanol–water partition coefficient (Wildman–Crippen LogP) is 10.7. The molecule has 2 aliphatic rings. The lowest BCUT2D eigenvalue weighted by Crippen LogP contribution is -2.54. The van der Waals surface area contributed by atoms with Crippen molar-refractivity contribution < 1.29 is 97.3 Å². The van der Waals surface area contributed by atoms with Crippen LogP contribution in [0.1, 0.15) is 157 Å². The fourth-order valence-corrected chi connectivity index (χ4v) is 14.9. The summed E-state index contributed by atoms with van der Waals surface area (Å²) in [4.78, 5) is 144. The fraction of sp³-hybridized carbons (Fsp3) is 0.641. The van der Waals surface area contributed by atoms with Crippen LogP contribution >= 0.6 is 0 Å². The van der Waals surface area contributed by atoms with E-state index in [-0.39, 0.29) is 125 Å². The fourth-order valence-electron chi connectivity index (χ4n) is 14.9. The number of likely N-dealkylation sites (N-methyl/N-ethyl adjacent to an activating group) is 2. The van der Waals surface area contributed by atoms with Gasteiger partial charge in [-0.1, -0.05) is 111 Å². The zero-order valence-electron chi connectivity index (χ0n) is 64.6. The lowest BCUT2D eigenvalue weighted by atomic mass is 9.83. The first-order chi connectivity index (χ1) is 50.8. The highest BCUT2D eigenvalue weighted by Crippen LogP contribution is 2.38. The van der Waals surface area contributed by atoms with Gasteiger partial charge in [-0.3, -0.25) is 53.0 Å². The Morgan fingerprint density at radius 3 is 1.85 bits per heavy atom. The van der Waals surface area contributed by atoms with Crippen molar-refractivity contribution in [3.63, 3.8) is 0 Å². The van der Waals surface area contributed by atoms with Gasteiger partial charge < -0.3 is 51.0 Å². The third kappa shape index (κ3) is 25.3. The molecule has 6 N–H and O–H groups in total. The van der Waals surface area contributed by atoms with Crippen LogP contribution in [0, 0.1) is 82.3 Å². The van der Waals surface area contributed by atoms with Crippen LogP contribution in [0.3, 0.4) is 0 Å². The van der Waals surface area contributed by atoms with Crippen LogP contribution in [-0.4, -0.2) is 189 Å². The molecule has 13 atom stereocenters. The number of primary amides is 1. The summed E-state index contributed by atoms with van der Waals surface area (Å²) in [6.45, 7) is 16.5. The molecule has 5 rings (SSSR count). The second kappa shape index (κ2) is 42.3. The van der Waals surface area contributed by atoms with Gasteiger partial charge in [0.25, 0.3) is 0 Å². The molecule has 22 nitrogen and oxygen atoms in total. The molecule has 7 amide bonds. The van der Waals surface area contributed by atoms with Crippen molar-refractivity contribution in [2.75, 3.05) is 66.9 Å². The molecule has 30 heteroatoms. The Labute approximate surface area is 628 Å². The summed E-state index contributed by atoms with van der Waals surface area (Å²) in [5, 5.41) is 10.9. The van der Waals surface area contributed by atoms with Gasteiger partial charge in [-0.25, -0.2) is 18.0 Å². The maximum Gasteiger partial charge on any atom is 0.404 e. The minimum atomic E-state index is -4.98. The first-order valence-electron chi connectivity index (χ1n) is 37.2. The molecule has 0 spiro atoms. The van der Waals surface area contributed by atoms with E-state index in [4.69, 9.17) is 15.2 Å². The van der Waals surface area contributed by atoms with Gasteiger partial charge in [0.05, 0.1) is 48.7 Å². The van der Waals surface area contributed by atoms with Gasteiger partial charge in [-0.2, -0.15) is 22.0 Å². The molecule has 2 saturated heterocycles. The normalized spacial score (nSPS) is 18.5. The van der Waals surface area contributed by atoms with E-state index in [1.165, 1.54) is 14.2 Å². The number of hydrogen-bond acceptors (Lipinski definition) is 15. The number of alkyl halides is 3. The Morgan fingerprint density at radius 1 is 0.676 bits per heavy atom. The maximum absolute atomic E-state index is 14.7. The number of hydrogen-bond donors (Lipinski definition) is 5. The van der Waals surface area contributed by atoms with Crippen molar-refractivity contribution in [1.82, 2.24) is 35.6 Å². The van der Waals surface area contributed by atoms with Crippen LogP contribution in [0.25, 0.3) is 0 Å². The average molecular weight is 1530 g/mol. The SMILES string of the molecule is CC[C@H](C)[C@@H]([C@@H](CC(=O)N1CCC[C@H]1[C@H](OC)[C@@H](C)C(=O)C[C@@H](Cc1ccccc1)C(=O)NCc1ccc(NC(=O)[C@H](CCCNC(N)=O)CC(=O)[C@@H](NC(=O)CCCN2CC[C@H](C(=O)Oc3c(F)c(F)c(F)c(F)c3F)C[C@@H]2C(F)(F)F)C(C)C)cc1)OC)N(C)C(=O)[C@@H](CC(=O)[C@H](C(C)C)N(C)C)C(C)C. The predicted molar refractivity (Wildman–Crippen MR) is 389 cm³/mol. The van der Waals surface area contributed by atoms with Crippen LogP contribution in [0.2, 0.25) is 0 Å². The Kier molecular flexibility index (Phi) is 35.5. The van der Waals surface area contributed by atoms with Gasteiger partial charge in [0, 0.05) is 95.9 Å². The van der Waals surface area contributed by atoms with E-state index < -0.39 is 168 Å². The van der Waals surface area contributed by atoms with Crippen molar-refractivity contribution in [2.45, 2.75) is 207 Å². The van der Waals surface area contributed by atoms with Gasteiger partial charge >= 0.3 is 18.2 Å². The lowest BCUT2D eigenvalue weighted by Gasteiger charge is -2.41. The number of benzene rings is 3. The largest absolute Gasteiger partial charge is 0.420 e. The number of ether oxygens (including phenoxy) is 3. The van der Waals surface area contributed by atoms with E-state index in [9.17, 15) is 83.1 Å². The highest BCUT2D eigenvalue weighted by Gasteiger charge is 2.49. The summed E-state index contributed by atoms with van der Waals surface area (Å²) < 4.78 is 130. The average Bonchev–Trinajstić information content (AvgIpc) is 1.49. The quantitative estimate of drug-likeness (QED) is 0.00880. The summed E-state index contributed by atoms with van der Waals surface area (Å²) in [6.07, 6.45) is -6.64.